The third-order valence-electron chi connectivity index (χ3n) is 6.63. The third-order valence-corrected chi connectivity index (χ3v) is 6.63. The largest absolute Gasteiger partial charge is 0.519 e. The molecule has 0 spiro atoms. The summed E-state index contributed by atoms with van der Waals surface area (Å²) in [6.45, 7) is 26.1. The normalized spacial score (nSPS) is 20.5. The molecule has 0 radical (unpaired) electrons. The van der Waals surface area contributed by atoms with Crippen molar-refractivity contribution in [1.82, 2.24) is 15.1 Å². The number of amides is 2. The SMILES string of the molecule is CC(C)(C)OC(=O)N1CCC(C=O)C1.CC(C)(C)OC(=O)N1CCC(CO)C1.CC(C)(C)OC(=O)OC(=O)OC(C)(C)C.OCC1CCNC1. The maximum atomic E-state index is 11.5. The summed E-state index contributed by atoms with van der Waals surface area (Å²) in [5.41, 5.74) is -2.29. The maximum absolute atomic E-state index is 11.5. The lowest BCUT2D eigenvalue weighted by Crippen LogP contribution is -2.35. The number of carbonyl (C=O) groups is 5. The Balaban J connectivity index is 0.000000657. The molecular weight excluding hydrogens is 654 g/mol. The van der Waals surface area contributed by atoms with Gasteiger partial charge in [-0.25, -0.2) is 19.2 Å². The molecule has 0 aromatic rings. The van der Waals surface area contributed by atoms with Crippen LogP contribution in [-0.4, -0.2) is 126 Å². The topological polar surface area (TPSA) is 190 Å². The maximum Gasteiger partial charge on any atom is 0.519 e. The molecule has 3 aliphatic rings. The first-order valence-electron chi connectivity index (χ1n) is 17.2. The third kappa shape index (κ3) is 24.1. The summed E-state index contributed by atoms with van der Waals surface area (Å²) >= 11 is 0. The summed E-state index contributed by atoms with van der Waals surface area (Å²) in [5.74, 6) is 0.755. The monoisotopic (exact) mass is 719 g/mol. The van der Waals surface area contributed by atoms with Gasteiger partial charge in [0.1, 0.15) is 28.7 Å². The lowest BCUT2D eigenvalue weighted by Gasteiger charge is -2.24. The second kappa shape index (κ2) is 21.3. The molecule has 2 amide bonds. The Labute approximate surface area is 298 Å². The average Bonchev–Trinajstić information content (AvgIpc) is 3.72. The Morgan fingerprint density at radius 1 is 0.640 bits per heavy atom. The van der Waals surface area contributed by atoms with Crippen molar-refractivity contribution in [3.8, 4) is 0 Å². The molecule has 3 N–H and O–H groups in total. The smallest absolute Gasteiger partial charge is 0.444 e. The van der Waals surface area contributed by atoms with E-state index in [0.717, 1.165) is 38.6 Å². The molecule has 3 fully saturated rings. The van der Waals surface area contributed by atoms with Gasteiger partial charge in [-0.05, 0) is 115 Å². The molecule has 3 heterocycles. The van der Waals surface area contributed by atoms with Gasteiger partial charge in [0, 0.05) is 57.8 Å². The van der Waals surface area contributed by atoms with Crippen LogP contribution >= 0.6 is 0 Å². The number of carbonyl (C=O) groups excluding carboxylic acids is 5. The molecule has 3 unspecified atom stereocenters. The van der Waals surface area contributed by atoms with Crippen LogP contribution in [0.3, 0.4) is 0 Å². The molecule has 3 saturated heterocycles. The summed E-state index contributed by atoms with van der Waals surface area (Å²) in [5, 5.41) is 20.6. The van der Waals surface area contributed by atoms with Crippen molar-refractivity contribution in [2.45, 2.75) is 125 Å². The molecule has 292 valence electrons. The predicted octanol–water partition coefficient (Wildman–Crippen LogP) is 5.14. The molecule has 0 saturated carbocycles. The van der Waals surface area contributed by atoms with Crippen LogP contribution in [0.5, 0.6) is 0 Å². The summed E-state index contributed by atoms with van der Waals surface area (Å²) in [6, 6.07) is 0. The highest BCUT2D eigenvalue weighted by molar-refractivity contribution is 5.77. The molecule has 3 rings (SSSR count). The second-order valence-corrected chi connectivity index (χ2v) is 16.4. The number of ether oxygens (including phenoxy) is 5. The first-order valence-corrected chi connectivity index (χ1v) is 17.2. The molecule has 15 heteroatoms. The van der Waals surface area contributed by atoms with E-state index in [1.54, 1.807) is 51.3 Å². The molecule has 50 heavy (non-hydrogen) atoms. The fourth-order valence-corrected chi connectivity index (χ4v) is 4.34. The van der Waals surface area contributed by atoms with E-state index in [4.69, 9.17) is 29.2 Å². The van der Waals surface area contributed by atoms with E-state index in [9.17, 15) is 24.0 Å². The van der Waals surface area contributed by atoms with Crippen LogP contribution in [0.25, 0.3) is 0 Å². The number of aliphatic hydroxyl groups excluding tert-OH is 2. The number of hydrogen-bond acceptors (Lipinski definition) is 13. The van der Waals surface area contributed by atoms with E-state index >= 15 is 0 Å². The molecule has 0 aromatic carbocycles. The van der Waals surface area contributed by atoms with Gasteiger partial charge < -0.3 is 53.8 Å². The molecular formula is C35H65N3O12. The van der Waals surface area contributed by atoms with Gasteiger partial charge in [-0.3, -0.25) is 0 Å². The summed E-state index contributed by atoms with van der Waals surface area (Å²) in [7, 11) is 0. The van der Waals surface area contributed by atoms with Gasteiger partial charge >= 0.3 is 24.5 Å². The summed E-state index contributed by atoms with van der Waals surface area (Å²) in [4.78, 5) is 58.8. The van der Waals surface area contributed by atoms with Gasteiger partial charge in [0.05, 0.1) is 0 Å². The van der Waals surface area contributed by atoms with Crippen molar-refractivity contribution in [3.63, 3.8) is 0 Å². The minimum absolute atomic E-state index is 0.0116. The molecule has 3 atom stereocenters. The number of nitrogens with zero attached hydrogens (tertiary/aromatic N) is 2. The van der Waals surface area contributed by atoms with Crippen molar-refractivity contribution in [2.75, 3.05) is 52.5 Å². The average molecular weight is 720 g/mol. The zero-order valence-corrected chi connectivity index (χ0v) is 32.5. The highest BCUT2D eigenvalue weighted by atomic mass is 16.8. The molecule has 0 aliphatic carbocycles. The molecule has 0 bridgehead atoms. The van der Waals surface area contributed by atoms with Crippen molar-refractivity contribution in [1.29, 1.82) is 0 Å². The van der Waals surface area contributed by atoms with Crippen LogP contribution in [0.15, 0.2) is 0 Å². The number of nitrogens with one attached hydrogen (secondary N) is 1. The van der Waals surface area contributed by atoms with Gasteiger partial charge in [0.2, 0.25) is 0 Å². The number of hydrogen-bond donors (Lipinski definition) is 3. The van der Waals surface area contributed by atoms with Crippen LogP contribution in [-0.2, 0) is 28.5 Å². The van der Waals surface area contributed by atoms with E-state index in [0.29, 0.717) is 38.7 Å². The lowest BCUT2D eigenvalue weighted by atomic mass is 10.1. The second-order valence-electron chi connectivity index (χ2n) is 16.4. The quantitative estimate of drug-likeness (QED) is 0.151. The van der Waals surface area contributed by atoms with Crippen molar-refractivity contribution in [3.05, 3.63) is 0 Å². The Morgan fingerprint density at radius 3 is 1.36 bits per heavy atom. The van der Waals surface area contributed by atoms with Crippen LogP contribution in [0.2, 0.25) is 0 Å². The first-order chi connectivity index (χ1) is 22.8. The predicted molar refractivity (Wildman–Crippen MR) is 187 cm³/mol. The number of rotatable bonds is 3. The zero-order chi connectivity index (χ0) is 38.9. The van der Waals surface area contributed by atoms with Gasteiger partial charge in [-0.2, -0.15) is 0 Å². The molecule has 3 aliphatic heterocycles. The number of aliphatic hydroxyl groups is 2. The van der Waals surface area contributed by atoms with Crippen molar-refractivity contribution in [2.24, 2.45) is 17.8 Å². The van der Waals surface area contributed by atoms with E-state index in [2.05, 4.69) is 10.1 Å². The van der Waals surface area contributed by atoms with Gasteiger partial charge in [-0.15, -0.1) is 0 Å². The Bertz CT molecular complexity index is 1030. The molecule has 0 aromatic heterocycles. The number of likely N-dealkylation sites (tertiary alicyclic amines) is 2. The van der Waals surface area contributed by atoms with E-state index in [1.807, 2.05) is 41.5 Å². The summed E-state index contributed by atoms with van der Waals surface area (Å²) in [6.07, 6.45) is 0.975. The van der Waals surface area contributed by atoms with E-state index < -0.39 is 34.7 Å². The van der Waals surface area contributed by atoms with Gasteiger partial charge in [0.15, 0.2) is 0 Å². The van der Waals surface area contributed by atoms with Crippen molar-refractivity contribution < 1.29 is 57.9 Å². The van der Waals surface area contributed by atoms with Gasteiger partial charge in [-0.1, -0.05) is 0 Å². The first kappa shape index (κ1) is 46.8. The fourth-order valence-electron chi connectivity index (χ4n) is 4.34. The zero-order valence-electron chi connectivity index (χ0n) is 32.5. The number of aldehydes is 1. The lowest BCUT2D eigenvalue weighted by molar-refractivity contribution is -0.110. The van der Waals surface area contributed by atoms with Crippen LogP contribution < -0.4 is 5.32 Å². The summed E-state index contributed by atoms with van der Waals surface area (Å²) < 4.78 is 24.2. The Kier molecular flexibility index (Phi) is 19.9. The molecule has 15 nitrogen and oxygen atoms in total. The van der Waals surface area contributed by atoms with Gasteiger partial charge in [0.25, 0.3) is 0 Å². The van der Waals surface area contributed by atoms with Crippen LogP contribution in [0, 0.1) is 17.8 Å². The minimum Gasteiger partial charge on any atom is -0.444 e. The fraction of sp³-hybridized carbons (Fsp3) is 0.857. The van der Waals surface area contributed by atoms with E-state index in [1.165, 1.54) is 0 Å². The Morgan fingerprint density at radius 2 is 1.06 bits per heavy atom. The van der Waals surface area contributed by atoms with Crippen molar-refractivity contribution >= 4 is 30.8 Å². The van der Waals surface area contributed by atoms with Crippen LogP contribution in [0.4, 0.5) is 19.2 Å². The highest BCUT2D eigenvalue weighted by Crippen LogP contribution is 2.19. The van der Waals surface area contributed by atoms with Crippen LogP contribution in [0.1, 0.15) is 102 Å². The minimum atomic E-state index is -1.06. The Hall–Kier alpha value is -3.17. The standard InChI is InChI=1S/C10H19NO3.C10H17NO3.C10H18O5.C5H11NO/c2*1-10(2,3)14-9(13)11-5-4-8(6-11)7-12;1-9(2,3)14-7(11)13-8(12)15-10(4,5)6;7-4-5-1-2-6-3-5/h8,12H,4-7H2,1-3H3;7-8H,4-6H2,1-3H3;1-6H3;5-7H,1-4H2. The van der Waals surface area contributed by atoms with E-state index in [-0.39, 0.29) is 30.6 Å². The highest BCUT2D eigenvalue weighted by Gasteiger charge is 2.30.